The Hall–Kier alpha value is -1.77. The molecule has 0 unspecified atom stereocenters. The maximum atomic E-state index is 10.8. The van der Waals surface area contributed by atoms with Crippen molar-refractivity contribution in [2.45, 2.75) is 38.1 Å². The Labute approximate surface area is 144 Å². The molecule has 2 aliphatic rings. The summed E-state index contributed by atoms with van der Waals surface area (Å²) in [7, 11) is 1.54. The van der Waals surface area contributed by atoms with E-state index in [-0.39, 0.29) is 11.8 Å². The maximum Gasteiger partial charge on any atom is 0.162 e. The highest BCUT2D eigenvalue weighted by molar-refractivity contribution is 5.53. The fourth-order valence-corrected chi connectivity index (χ4v) is 4.23. The molecular weight excluding hydrogens is 302 g/mol. The van der Waals surface area contributed by atoms with Gasteiger partial charge in [0.2, 0.25) is 0 Å². The first kappa shape index (κ1) is 17.1. The van der Waals surface area contributed by atoms with Crippen LogP contribution in [0.25, 0.3) is 0 Å². The van der Waals surface area contributed by atoms with Crippen molar-refractivity contribution in [2.24, 2.45) is 5.92 Å². The van der Waals surface area contributed by atoms with Crippen LogP contribution < -0.4 is 10.1 Å². The molecule has 5 nitrogen and oxygen atoms in total. The van der Waals surface area contributed by atoms with Gasteiger partial charge in [0.25, 0.3) is 0 Å². The molecule has 1 saturated heterocycles. The summed E-state index contributed by atoms with van der Waals surface area (Å²) in [6.45, 7) is 3.89. The second-order valence-corrected chi connectivity index (χ2v) is 6.86. The van der Waals surface area contributed by atoms with Gasteiger partial charge in [-0.05, 0) is 24.8 Å². The summed E-state index contributed by atoms with van der Waals surface area (Å²) in [4.78, 5) is 2.47. The standard InChI is InChI=1S/C19H27N3O2/c1-24-17-12-14(13-20)11-16(19(17)23)18(15-5-3-2-4-6-15)22-9-7-21-8-10-22/h11-12,15,18,21,23H,2-10H2,1H3/t18-/m1/s1. The Morgan fingerprint density at radius 1 is 1.25 bits per heavy atom. The van der Waals surface area contributed by atoms with Crippen molar-refractivity contribution in [3.05, 3.63) is 23.3 Å². The monoisotopic (exact) mass is 329 g/mol. The smallest absolute Gasteiger partial charge is 0.162 e. The molecule has 1 aliphatic heterocycles. The predicted molar refractivity (Wildman–Crippen MR) is 93.1 cm³/mol. The molecular formula is C19H27N3O2. The molecule has 1 aromatic carbocycles. The summed E-state index contributed by atoms with van der Waals surface area (Å²) in [5.41, 5.74) is 1.41. The molecule has 0 aromatic heterocycles. The van der Waals surface area contributed by atoms with E-state index in [0.29, 0.717) is 17.2 Å². The van der Waals surface area contributed by atoms with Gasteiger partial charge in [0.05, 0.1) is 18.7 Å². The minimum atomic E-state index is 0.162. The first-order valence-electron chi connectivity index (χ1n) is 9.00. The maximum absolute atomic E-state index is 10.8. The lowest BCUT2D eigenvalue weighted by Gasteiger charge is -2.41. The highest BCUT2D eigenvalue weighted by Gasteiger charge is 2.33. The molecule has 1 aromatic rings. The molecule has 0 radical (unpaired) electrons. The van der Waals surface area contributed by atoms with Crippen LogP contribution in [0.3, 0.4) is 0 Å². The Morgan fingerprint density at radius 2 is 1.96 bits per heavy atom. The lowest BCUT2D eigenvalue weighted by molar-refractivity contribution is 0.101. The highest BCUT2D eigenvalue weighted by Crippen LogP contribution is 2.44. The Bertz CT molecular complexity index is 581. The number of hydrogen-bond donors (Lipinski definition) is 2. The molecule has 0 amide bonds. The number of ether oxygens (including phenoxy) is 1. The van der Waals surface area contributed by atoms with Gasteiger partial charge >= 0.3 is 0 Å². The van der Waals surface area contributed by atoms with Gasteiger partial charge in [-0.1, -0.05) is 19.3 Å². The highest BCUT2D eigenvalue weighted by atomic mass is 16.5. The van der Waals surface area contributed by atoms with E-state index in [1.165, 1.54) is 32.1 Å². The summed E-state index contributed by atoms with van der Waals surface area (Å²) in [5.74, 6) is 1.13. The normalized spacial score (nSPS) is 21.2. The zero-order valence-electron chi connectivity index (χ0n) is 14.4. The fraction of sp³-hybridized carbons (Fsp3) is 0.632. The number of hydrogen-bond acceptors (Lipinski definition) is 5. The Kier molecular flexibility index (Phi) is 5.60. The number of phenols is 1. The van der Waals surface area contributed by atoms with Crippen molar-refractivity contribution in [3.63, 3.8) is 0 Å². The van der Waals surface area contributed by atoms with E-state index >= 15 is 0 Å². The number of benzene rings is 1. The second-order valence-electron chi connectivity index (χ2n) is 6.86. The van der Waals surface area contributed by atoms with E-state index < -0.39 is 0 Å². The van der Waals surface area contributed by atoms with Crippen LogP contribution >= 0.6 is 0 Å². The van der Waals surface area contributed by atoms with Gasteiger partial charge in [-0.15, -0.1) is 0 Å². The van der Waals surface area contributed by atoms with E-state index in [9.17, 15) is 10.4 Å². The molecule has 2 fully saturated rings. The quantitative estimate of drug-likeness (QED) is 0.889. The first-order valence-corrected chi connectivity index (χ1v) is 9.00. The number of aromatic hydroxyl groups is 1. The predicted octanol–water partition coefficient (Wildman–Crippen LogP) is 2.80. The van der Waals surface area contributed by atoms with E-state index in [4.69, 9.17) is 4.74 Å². The summed E-state index contributed by atoms with van der Waals surface area (Å²) < 4.78 is 5.32. The molecule has 2 N–H and O–H groups in total. The third kappa shape index (κ3) is 3.50. The van der Waals surface area contributed by atoms with Crippen LogP contribution in [0.15, 0.2) is 12.1 Å². The molecule has 130 valence electrons. The number of phenolic OH excluding ortho intramolecular Hbond substituents is 1. The number of rotatable bonds is 4. The first-order chi connectivity index (χ1) is 11.7. The Balaban J connectivity index is 2.02. The summed E-state index contributed by atoms with van der Waals surface area (Å²) in [6.07, 6.45) is 6.19. The average Bonchev–Trinajstić information content (AvgIpc) is 2.65. The van der Waals surface area contributed by atoms with Crippen molar-refractivity contribution >= 4 is 0 Å². The number of nitrogens with one attached hydrogen (secondary N) is 1. The zero-order chi connectivity index (χ0) is 16.9. The molecule has 1 saturated carbocycles. The number of nitriles is 1. The van der Waals surface area contributed by atoms with Gasteiger partial charge in [-0.3, -0.25) is 4.90 Å². The number of piperazine rings is 1. The van der Waals surface area contributed by atoms with Crippen molar-refractivity contribution < 1.29 is 9.84 Å². The average molecular weight is 329 g/mol. The van der Waals surface area contributed by atoms with Gasteiger partial charge in [-0.25, -0.2) is 0 Å². The van der Waals surface area contributed by atoms with Crippen LogP contribution in [-0.2, 0) is 0 Å². The van der Waals surface area contributed by atoms with Crippen LogP contribution in [0, 0.1) is 17.2 Å². The van der Waals surface area contributed by atoms with E-state index in [0.717, 1.165) is 31.7 Å². The fourth-order valence-electron chi connectivity index (χ4n) is 4.23. The van der Waals surface area contributed by atoms with Crippen molar-refractivity contribution in [3.8, 4) is 17.6 Å². The second kappa shape index (κ2) is 7.87. The van der Waals surface area contributed by atoms with Crippen LogP contribution in [0.4, 0.5) is 0 Å². The van der Waals surface area contributed by atoms with E-state index in [1.54, 1.807) is 13.2 Å². The van der Waals surface area contributed by atoms with Gasteiger partial charge in [0.15, 0.2) is 11.5 Å². The number of nitrogens with zero attached hydrogens (tertiary/aromatic N) is 2. The van der Waals surface area contributed by atoms with E-state index in [2.05, 4.69) is 16.3 Å². The van der Waals surface area contributed by atoms with Crippen LogP contribution in [0.5, 0.6) is 11.5 Å². The molecule has 1 atom stereocenters. The minimum absolute atomic E-state index is 0.162. The molecule has 1 aliphatic carbocycles. The summed E-state index contributed by atoms with van der Waals surface area (Å²) in [5, 5.41) is 23.5. The third-order valence-corrected chi connectivity index (χ3v) is 5.41. The van der Waals surface area contributed by atoms with Crippen LogP contribution in [0.1, 0.15) is 49.3 Å². The zero-order valence-corrected chi connectivity index (χ0v) is 14.4. The largest absolute Gasteiger partial charge is 0.504 e. The lowest BCUT2D eigenvalue weighted by Crippen LogP contribution is -2.47. The molecule has 0 spiro atoms. The van der Waals surface area contributed by atoms with Crippen molar-refractivity contribution in [2.75, 3.05) is 33.3 Å². The molecule has 5 heteroatoms. The van der Waals surface area contributed by atoms with Crippen molar-refractivity contribution in [1.82, 2.24) is 10.2 Å². The molecule has 24 heavy (non-hydrogen) atoms. The summed E-state index contributed by atoms with van der Waals surface area (Å²) in [6, 6.07) is 5.85. The van der Waals surface area contributed by atoms with Gasteiger partial charge in [0.1, 0.15) is 0 Å². The van der Waals surface area contributed by atoms with E-state index in [1.807, 2.05) is 6.07 Å². The van der Waals surface area contributed by atoms with Gasteiger partial charge in [0, 0.05) is 43.9 Å². The van der Waals surface area contributed by atoms with Crippen LogP contribution in [-0.4, -0.2) is 43.3 Å². The molecule has 3 rings (SSSR count). The Morgan fingerprint density at radius 3 is 2.58 bits per heavy atom. The molecule has 1 heterocycles. The number of methoxy groups -OCH3 is 1. The topological polar surface area (TPSA) is 68.5 Å². The van der Waals surface area contributed by atoms with Crippen LogP contribution in [0.2, 0.25) is 0 Å². The summed E-state index contributed by atoms with van der Waals surface area (Å²) >= 11 is 0. The lowest BCUT2D eigenvalue weighted by atomic mass is 9.79. The molecule has 0 bridgehead atoms. The third-order valence-electron chi connectivity index (χ3n) is 5.41. The SMILES string of the molecule is COc1cc(C#N)cc([C@@H](C2CCCCC2)N2CCNCC2)c1O. The minimum Gasteiger partial charge on any atom is -0.504 e. The van der Waals surface area contributed by atoms with Crippen molar-refractivity contribution in [1.29, 1.82) is 5.26 Å². The van der Waals surface area contributed by atoms with Gasteiger partial charge in [-0.2, -0.15) is 5.26 Å². The van der Waals surface area contributed by atoms with Gasteiger partial charge < -0.3 is 15.2 Å².